The van der Waals surface area contributed by atoms with Crippen molar-refractivity contribution in [3.05, 3.63) is 18.7 Å². The number of esters is 2. The van der Waals surface area contributed by atoms with Gasteiger partial charge in [0.05, 0.1) is 19.2 Å². The number of aromatic nitrogens is 2. The Hall–Kier alpha value is -1.63. The van der Waals surface area contributed by atoms with Gasteiger partial charge in [0.15, 0.2) is 0 Å². The number of hydrogen-bond acceptors (Lipinski definition) is 8. The quantitative estimate of drug-likeness (QED) is 0.0870. The molecule has 1 aromatic heterocycles. The van der Waals surface area contributed by atoms with Gasteiger partial charge in [-0.15, -0.1) is 12.3 Å². The Kier molecular flexibility index (Phi) is 21.4. The molecule has 0 bridgehead atoms. The minimum atomic E-state index is -0.233. The maximum Gasteiger partial charge on any atom is 0.307 e. The number of nitrogens with zero attached hydrogens (tertiary/aromatic N) is 3. The van der Waals surface area contributed by atoms with Crippen LogP contribution in [0.1, 0.15) is 70.6 Å². The lowest BCUT2D eigenvalue weighted by molar-refractivity contribution is -0.143. The molecule has 9 heteroatoms. The van der Waals surface area contributed by atoms with E-state index in [0.717, 1.165) is 43.9 Å². The van der Waals surface area contributed by atoms with Crippen LogP contribution in [0.3, 0.4) is 0 Å². The highest BCUT2D eigenvalue weighted by Gasteiger charge is 2.12. The SMILES string of the molecule is C#CCCCCCCCCCSCCOC(=O)CCN(CCCn1ccnc1)CCC(=O)OCCS. The van der Waals surface area contributed by atoms with Gasteiger partial charge in [-0.3, -0.25) is 9.59 Å². The van der Waals surface area contributed by atoms with Crippen LogP contribution in [-0.4, -0.2) is 76.5 Å². The number of rotatable bonds is 24. The Balaban J connectivity index is 2.11. The zero-order valence-electron chi connectivity index (χ0n) is 21.8. The Bertz CT molecular complexity index is 710. The Morgan fingerprint density at radius 1 is 0.917 bits per heavy atom. The smallest absolute Gasteiger partial charge is 0.307 e. The Morgan fingerprint density at radius 2 is 1.58 bits per heavy atom. The van der Waals surface area contributed by atoms with E-state index in [4.69, 9.17) is 15.9 Å². The van der Waals surface area contributed by atoms with Gasteiger partial charge in [0.2, 0.25) is 0 Å². The molecule has 0 atom stereocenters. The summed E-state index contributed by atoms with van der Waals surface area (Å²) >= 11 is 5.91. The van der Waals surface area contributed by atoms with E-state index in [1.807, 2.05) is 22.5 Å². The summed E-state index contributed by atoms with van der Waals surface area (Å²) in [6, 6.07) is 0. The zero-order chi connectivity index (χ0) is 26.1. The standard InChI is InChI=1S/C27H45N3O4S2/c1-2-3-4-5-6-7-8-9-10-23-36-24-21-34-27(32)13-18-29(17-12-26(31)33-20-22-35)15-11-16-30-19-14-28-25-30/h1,14,19,25,35H,3-13,15-18,20-24H2. The van der Waals surface area contributed by atoms with Crippen molar-refractivity contribution < 1.29 is 19.1 Å². The van der Waals surface area contributed by atoms with Crippen LogP contribution in [0.5, 0.6) is 0 Å². The molecule has 1 rings (SSSR count). The molecule has 0 aliphatic heterocycles. The number of terminal acetylenes is 1. The number of carbonyl (C=O) groups excluding carboxylic acids is 2. The van der Waals surface area contributed by atoms with E-state index >= 15 is 0 Å². The van der Waals surface area contributed by atoms with E-state index in [1.54, 1.807) is 12.5 Å². The van der Waals surface area contributed by atoms with Crippen molar-refractivity contribution in [2.75, 3.05) is 50.1 Å². The number of ether oxygens (including phenoxy) is 2. The van der Waals surface area contributed by atoms with Crippen LogP contribution in [0.2, 0.25) is 0 Å². The van der Waals surface area contributed by atoms with Crippen molar-refractivity contribution in [2.45, 2.75) is 77.2 Å². The topological polar surface area (TPSA) is 73.7 Å². The maximum atomic E-state index is 12.2. The summed E-state index contributed by atoms with van der Waals surface area (Å²) in [5.41, 5.74) is 0. The second kappa shape index (κ2) is 23.7. The van der Waals surface area contributed by atoms with E-state index in [0.29, 0.717) is 44.9 Å². The maximum absolute atomic E-state index is 12.2. The first-order valence-electron chi connectivity index (χ1n) is 13.3. The molecule has 0 N–H and O–H groups in total. The van der Waals surface area contributed by atoms with Gasteiger partial charge in [-0.25, -0.2) is 4.98 Å². The lowest BCUT2D eigenvalue weighted by Crippen LogP contribution is -2.31. The van der Waals surface area contributed by atoms with Crippen LogP contribution in [0.4, 0.5) is 0 Å². The van der Waals surface area contributed by atoms with Crippen molar-refractivity contribution in [2.24, 2.45) is 0 Å². The molecule has 0 fully saturated rings. The molecule has 0 amide bonds. The molecule has 1 heterocycles. The molecule has 0 radical (unpaired) electrons. The second-order valence-corrected chi connectivity index (χ2v) is 10.4. The van der Waals surface area contributed by atoms with E-state index in [9.17, 15) is 9.59 Å². The summed E-state index contributed by atoms with van der Waals surface area (Å²) in [6.07, 6.45) is 21.9. The fourth-order valence-corrected chi connectivity index (χ4v) is 4.57. The molecule has 0 unspecified atom stereocenters. The third kappa shape index (κ3) is 19.5. The van der Waals surface area contributed by atoms with E-state index in [2.05, 4.69) is 28.4 Å². The van der Waals surface area contributed by atoms with Gasteiger partial charge in [0.25, 0.3) is 0 Å². The lowest BCUT2D eigenvalue weighted by Gasteiger charge is -2.21. The highest BCUT2D eigenvalue weighted by Crippen LogP contribution is 2.11. The number of thiol groups is 1. The summed E-state index contributed by atoms with van der Waals surface area (Å²) in [5.74, 6) is 4.74. The van der Waals surface area contributed by atoms with Gasteiger partial charge in [-0.05, 0) is 31.6 Å². The third-order valence-electron chi connectivity index (χ3n) is 5.67. The van der Waals surface area contributed by atoms with Crippen LogP contribution in [-0.2, 0) is 25.6 Å². The molecule has 0 aliphatic carbocycles. The van der Waals surface area contributed by atoms with Crippen LogP contribution >= 0.6 is 24.4 Å². The molecule has 0 spiro atoms. The summed E-state index contributed by atoms with van der Waals surface area (Å²) in [4.78, 5) is 30.3. The molecular weight excluding hydrogens is 494 g/mol. The van der Waals surface area contributed by atoms with Gasteiger partial charge in [-0.1, -0.05) is 32.1 Å². The van der Waals surface area contributed by atoms with Crippen molar-refractivity contribution in [3.8, 4) is 12.3 Å². The van der Waals surface area contributed by atoms with E-state index in [-0.39, 0.29) is 11.9 Å². The number of thioether (sulfide) groups is 1. The summed E-state index contributed by atoms with van der Waals surface area (Å²) in [6.45, 7) is 3.53. The first-order valence-corrected chi connectivity index (χ1v) is 15.1. The monoisotopic (exact) mass is 539 g/mol. The summed E-state index contributed by atoms with van der Waals surface area (Å²) in [5, 5.41) is 0. The number of aryl methyl sites for hydroxylation is 1. The molecule has 0 aromatic carbocycles. The third-order valence-corrected chi connectivity index (χ3v) is 6.88. The molecule has 7 nitrogen and oxygen atoms in total. The van der Waals surface area contributed by atoms with Crippen LogP contribution in [0, 0.1) is 12.3 Å². The average molecular weight is 540 g/mol. The van der Waals surface area contributed by atoms with Crippen molar-refractivity contribution in [1.82, 2.24) is 14.5 Å². The van der Waals surface area contributed by atoms with Crippen LogP contribution < -0.4 is 0 Å². The number of imidazole rings is 1. The minimum absolute atomic E-state index is 0.183. The highest BCUT2D eigenvalue weighted by atomic mass is 32.2. The van der Waals surface area contributed by atoms with Gasteiger partial charge in [-0.2, -0.15) is 24.4 Å². The predicted molar refractivity (Wildman–Crippen MR) is 151 cm³/mol. The van der Waals surface area contributed by atoms with Gasteiger partial charge < -0.3 is 18.9 Å². The highest BCUT2D eigenvalue weighted by molar-refractivity contribution is 7.99. The summed E-state index contributed by atoms with van der Waals surface area (Å²) < 4.78 is 12.5. The normalized spacial score (nSPS) is 10.9. The molecule has 204 valence electrons. The molecule has 36 heavy (non-hydrogen) atoms. The fraction of sp³-hybridized carbons (Fsp3) is 0.741. The molecule has 1 aromatic rings. The average Bonchev–Trinajstić information content (AvgIpc) is 3.40. The molecule has 0 aliphatic rings. The van der Waals surface area contributed by atoms with Gasteiger partial charge in [0.1, 0.15) is 13.2 Å². The fourth-order valence-electron chi connectivity index (χ4n) is 3.67. The first kappa shape index (κ1) is 32.4. The largest absolute Gasteiger partial charge is 0.465 e. The number of hydrogen-bond donors (Lipinski definition) is 1. The van der Waals surface area contributed by atoms with Gasteiger partial charge >= 0.3 is 11.9 Å². The lowest BCUT2D eigenvalue weighted by atomic mass is 10.1. The van der Waals surface area contributed by atoms with Crippen molar-refractivity contribution >= 4 is 36.3 Å². The molecular formula is C27H45N3O4S2. The van der Waals surface area contributed by atoms with Gasteiger partial charge in [0, 0.05) is 50.0 Å². The van der Waals surface area contributed by atoms with Crippen molar-refractivity contribution in [1.29, 1.82) is 0 Å². The number of carbonyl (C=O) groups is 2. The predicted octanol–water partition coefficient (Wildman–Crippen LogP) is 4.86. The Morgan fingerprint density at radius 3 is 2.22 bits per heavy atom. The summed E-state index contributed by atoms with van der Waals surface area (Å²) in [7, 11) is 0. The zero-order valence-corrected chi connectivity index (χ0v) is 23.5. The first-order chi connectivity index (χ1) is 17.7. The minimum Gasteiger partial charge on any atom is -0.465 e. The van der Waals surface area contributed by atoms with E-state index in [1.165, 1.54) is 38.5 Å². The number of unbranched alkanes of at least 4 members (excludes halogenated alkanes) is 7. The Labute approximate surface area is 227 Å². The van der Waals surface area contributed by atoms with Crippen molar-refractivity contribution in [3.63, 3.8) is 0 Å². The van der Waals surface area contributed by atoms with Crippen LogP contribution in [0.25, 0.3) is 0 Å². The molecule has 0 saturated carbocycles. The molecule has 0 saturated heterocycles. The van der Waals surface area contributed by atoms with Crippen LogP contribution in [0.15, 0.2) is 18.7 Å². The second-order valence-electron chi connectivity index (χ2n) is 8.70. The van der Waals surface area contributed by atoms with E-state index < -0.39 is 0 Å².